The minimum Gasteiger partial charge on any atom is -0.376 e. The zero-order valence-electron chi connectivity index (χ0n) is 6.04. The second-order valence-corrected chi connectivity index (χ2v) is 2.42. The van der Waals surface area contributed by atoms with E-state index in [1.165, 1.54) is 5.57 Å². The molecule has 1 rings (SSSR count). The van der Waals surface area contributed by atoms with E-state index in [1.807, 2.05) is 25.4 Å². The fraction of sp³-hybridized carbons (Fsp3) is 0.375. The quantitative estimate of drug-likeness (QED) is 0.540. The summed E-state index contributed by atoms with van der Waals surface area (Å²) in [4.78, 5) is 2.06. The van der Waals surface area contributed by atoms with Crippen molar-refractivity contribution in [1.82, 2.24) is 4.90 Å². The van der Waals surface area contributed by atoms with E-state index < -0.39 is 0 Å². The van der Waals surface area contributed by atoms with Gasteiger partial charge in [0.1, 0.15) is 0 Å². The molecule has 0 atom stereocenters. The standard InChI is InChI=1S/C8H10N2/c1-10-6-2-3-8(7-10)4-5-9/h2-3,6H,4,7H2,1H3. The van der Waals surface area contributed by atoms with Gasteiger partial charge in [-0.15, -0.1) is 0 Å². The Morgan fingerprint density at radius 1 is 1.80 bits per heavy atom. The van der Waals surface area contributed by atoms with E-state index in [1.54, 1.807) is 0 Å². The Labute approximate surface area is 61.1 Å². The first-order valence-electron chi connectivity index (χ1n) is 3.26. The topological polar surface area (TPSA) is 27.0 Å². The molecule has 2 heteroatoms. The largest absolute Gasteiger partial charge is 0.376 e. The number of rotatable bonds is 1. The predicted octanol–water partition coefficient (Wildman–Crippen LogP) is 1.29. The second-order valence-electron chi connectivity index (χ2n) is 2.42. The first-order chi connectivity index (χ1) is 4.83. The van der Waals surface area contributed by atoms with Crippen molar-refractivity contribution >= 4 is 0 Å². The molecule has 0 aromatic carbocycles. The van der Waals surface area contributed by atoms with Crippen LogP contribution >= 0.6 is 0 Å². The van der Waals surface area contributed by atoms with Gasteiger partial charge < -0.3 is 4.90 Å². The molecule has 1 aliphatic rings. The van der Waals surface area contributed by atoms with Crippen molar-refractivity contribution in [2.75, 3.05) is 13.6 Å². The molecule has 0 aliphatic carbocycles. The molecule has 10 heavy (non-hydrogen) atoms. The van der Waals surface area contributed by atoms with Crippen molar-refractivity contribution in [3.8, 4) is 6.07 Å². The van der Waals surface area contributed by atoms with Gasteiger partial charge in [0, 0.05) is 13.6 Å². The van der Waals surface area contributed by atoms with Gasteiger partial charge in [0.15, 0.2) is 0 Å². The number of nitrogens with zero attached hydrogens (tertiary/aromatic N) is 2. The van der Waals surface area contributed by atoms with Crippen LogP contribution in [-0.2, 0) is 0 Å². The van der Waals surface area contributed by atoms with Crippen LogP contribution in [0.5, 0.6) is 0 Å². The summed E-state index contributed by atoms with van der Waals surface area (Å²) in [6.07, 6.45) is 6.52. The summed E-state index contributed by atoms with van der Waals surface area (Å²) in [5.41, 5.74) is 1.19. The summed E-state index contributed by atoms with van der Waals surface area (Å²) in [6.45, 7) is 0.893. The highest BCUT2D eigenvalue weighted by molar-refractivity contribution is 5.20. The van der Waals surface area contributed by atoms with Crippen LogP contribution in [0.15, 0.2) is 23.9 Å². The number of likely N-dealkylation sites (N-methyl/N-ethyl adjacent to an activating group) is 1. The van der Waals surface area contributed by atoms with Gasteiger partial charge in [-0.3, -0.25) is 0 Å². The van der Waals surface area contributed by atoms with Crippen LogP contribution in [-0.4, -0.2) is 18.5 Å². The van der Waals surface area contributed by atoms with Crippen LogP contribution in [0.4, 0.5) is 0 Å². The highest BCUT2D eigenvalue weighted by Crippen LogP contribution is 2.07. The predicted molar refractivity (Wildman–Crippen MR) is 40.1 cm³/mol. The molecule has 1 aliphatic heterocycles. The Balaban J connectivity index is 2.55. The van der Waals surface area contributed by atoms with E-state index in [-0.39, 0.29) is 0 Å². The van der Waals surface area contributed by atoms with E-state index in [4.69, 9.17) is 5.26 Å². The lowest BCUT2D eigenvalue weighted by atomic mass is 10.1. The third-order valence-corrected chi connectivity index (χ3v) is 1.43. The normalized spacial score (nSPS) is 16.4. The maximum absolute atomic E-state index is 8.37. The highest BCUT2D eigenvalue weighted by atomic mass is 15.1. The van der Waals surface area contributed by atoms with Crippen molar-refractivity contribution in [2.45, 2.75) is 6.42 Å². The van der Waals surface area contributed by atoms with Crippen molar-refractivity contribution < 1.29 is 0 Å². The number of nitriles is 1. The molecule has 0 saturated carbocycles. The molecule has 0 aromatic rings. The Morgan fingerprint density at radius 3 is 3.20 bits per heavy atom. The van der Waals surface area contributed by atoms with E-state index in [0.29, 0.717) is 6.42 Å². The molecule has 1 heterocycles. The third-order valence-electron chi connectivity index (χ3n) is 1.43. The second kappa shape index (κ2) is 3.07. The first kappa shape index (κ1) is 6.88. The molecule has 0 fully saturated rings. The van der Waals surface area contributed by atoms with Crippen molar-refractivity contribution in [3.05, 3.63) is 23.9 Å². The number of hydrogen-bond acceptors (Lipinski definition) is 2. The van der Waals surface area contributed by atoms with Gasteiger partial charge >= 0.3 is 0 Å². The van der Waals surface area contributed by atoms with Gasteiger partial charge in [0.25, 0.3) is 0 Å². The van der Waals surface area contributed by atoms with E-state index in [0.717, 1.165) is 6.54 Å². The van der Waals surface area contributed by atoms with Gasteiger partial charge in [0.2, 0.25) is 0 Å². The van der Waals surface area contributed by atoms with Crippen molar-refractivity contribution in [3.63, 3.8) is 0 Å². The first-order valence-corrected chi connectivity index (χ1v) is 3.26. The summed E-state index contributed by atoms with van der Waals surface area (Å²) in [6, 6.07) is 2.13. The van der Waals surface area contributed by atoms with Crippen molar-refractivity contribution in [2.24, 2.45) is 0 Å². The molecule has 0 unspecified atom stereocenters. The third kappa shape index (κ3) is 1.63. The molecule has 2 nitrogen and oxygen atoms in total. The Kier molecular flexibility index (Phi) is 2.11. The highest BCUT2D eigenvalue weighted by Gasteiger charge is 2.01. The summed E-state index contributed by atoms with van der Waals surface area (Å²) < 4.78 is 0. The molecule has 0 saturated heterocycles. The van der Waals surface area contributed by atoms with Crippen LogP contribution in [0.1, 0.15) is 6.42 Å². The van der Waals surface area contributed by atoms with Gasteiger partial charge in [-0.05, 0) is 17.8 Å². The van der Waals surface area contributed by atoms with Gasteiger partial charge in [-0.25, -0.2) is 0 Å². The van der Waals surface area contributed by atoms with Crippen molar-refractivity contribution in [1.29, 1.82) is 5.26 Å². The summed E-state index contributed by atoms with van der Waals surface area (Å²) >= 11 is 0. The molecule has 52 valence electrons. The van der Waals surface area contributed by atoms with E-state index in [2.05, 4.69) is 11.0 Å². The molecular weight excluding hydrogens is 124 g/mol. The minimum atomic E-state index is 0.550. The number of allylic oxidation sites excluding steroid dienone is 2. The van der Waals surface area contributed by atoms with Crippen LogP contribution in [0.3, 0.4) is 0 Å². The number of hydrogen-bond donors (Lipinski definition) is 0. The zero-order valence-corrected chi connectivity index (χ0v) is 6.04. The maximum atomic E-state index is 8.37. The van der Waals surface area contributed by atoms with E-state index in [9.17, 15) is 0 Å². The van der Waals surface area contributed by atoms with Crippen LogP contribution < -0.4 is 0 Å². The Bertz CT molecular complexity index is 208. The fourth-order valence-electron chi connectivity index (χ4n) is 0.968. The molecule has 0 spiro atoms. The molecule has 0 amide bonds. The van der Waals surface area contributed by atoms with Gasteiger partial charge in [0.05, 0.1) is 12.5 Å². The fourth-order valence-corrected chi connectivity index (χ4v) is 0.968. The lowest BCUT2D eigenvalue weighted by Gasteiger charge is -2.17. The lowest BCUT2D eigenvalue weighted by Crippen LogP contribution is -2.16. The lowest BCUT2D eigenvalue weighted by molar-refractivity contribution is 0.487. The summed E-state index contributed by atoms with van der Waals surface area (Å²) in [5, 5.41) is 8.37. The Hall–Kier alpha value is -1.23. The average Bonchev–Trinajstić information content (AvgIpc) is 1.88. The van der Waals surface area contributed by atoms with Crippen LogP contribution in [0.2, 0.25) is 0 Å². The molecule has 0 bridgehead atoms. The van der Waals surface area contributed by atoms with Crippen LogP contribution in [0, 0.1) is 11.3 Å². The molecule has 0 aromatic heterocycles. The van der Waals surface area contributed by atoms with Gasteiger partial charge in [-0.1, -0.05) is 6.08 Å². The van der Waals surface area contributed by atoms with Gasteiger partial charge in [-0.2, -0.15) is 5.26 Å². The summed E-state index contributed by atoms with van der Waals surface area (Å²) in [5.74, 6) is 0. The SMILES string of the molecule is CN1C=CC=C(CC#N)C1. The average molecular weight is 134 g/mol. The smallest absolute Gasteiger partial charge is 0.0666 e. The molecule has 0 N–H and O–H groups in total. The molecule has 0 radical (unpaired) electrons. The van der Waals surface area contributed by atoms with Crippen LogP contribution in [0.25, 0.3) is 0 Å². The maximum Gasteiger partial charge on any atom is 0.0666 e. The summed E-state index contributed by atoms with van der Waals surface area (Å²) in [7, 11) is 2.00. The van der Waals surface area contributed by atoms with E-state index >= 15 is 0 Å². The molecular formula is C8H10N2. The Morgan fingerprint density at radius 2 is 2.60 bits per heavy atom. The monoisotopic (exact) mass is 134 g/mol. The minimum absolute atomic E-state index is 0.550. The zero-order chi connectivity index (χ0) is 7.40.